The molecule has 3 aromatic rings. The van der Waals surface area contributed by atoms with Crippen LogP contribution in [0.5, 0.6) is 5.75 Å². The van der Waals surface area contributed by atoms with E-state index in [1.165, 1.54) is 6.07 Å². The third kappa shape index (κ3) is 2.39. The van der Waals surface area contributed by atoms with E-state index >= 15 is 0 Å². The van der Waals surface area contributed by atoms with Crippen molar-refractivity contribution in [3.05, 3.63) is 46.0 Å². The minimum absolute atomic E-state index is 0.00243. The van der Waals surface area contributed by atoms with Crippen LogP contribution in [0.15, 0.2) is 45.5 Å². The van der Waals surface area contributed by atoms with E-state index in [9.17, 15) is 5.11 Å². The molecular weight excluding hydrogens is 346 g/mol. The van der Waals surface area contributed by atoms with Crippen molar-refractivity contribution in [3.8, 4) is 28.7 Å². The summed E-state index contributed by atoms with van der Waals surface area (Å²) in [4.78, 5) is 8.46. The van der Waals surface area contributed by atoms with Crippen molar-refractivity contribution in [3.63, 3.8) is 0 Å². The van der Waals surface area contributed by atoms with Gasteiger partial charge in [0.2, 0.25) is 5.82 Å². The summed E-state index contributed by atoms with van der Waals surface area (Å²) in [5.41, 5.74) is 1.21. The molecule has 20 heavy (non-hydrogen) atoms. The summed E-state index contributed by atoms with van der Waals surface area (Å²) < 4.78 is 5.97. The fourth-order valence-electron chi connectivity index (χ4n) is 1.63. The highest BCUT2D eigenvalue weighted by molar-refractivity contribution is 9.10. The van der Waals surface area contributed by atoms with Crippen molar-refractivity contribution in [1.29, 1.82) is 0 Å². The summed E-state index contributed by atoms with van der Waals surface area (Å²) in [5.74, 6) is 0.679. The number of benzene rings is 1. The van der Waals surface area contributed by atoms with Gasteiger partial charge in [-0.15, -0.1) is 0 Å². The summed E-state index contributed by atoms with van der Waals surface area (Å²) in [6, 6.07) is 8.32. The first-order valence-electron chi connectivity index (χ1n) is 5.58. The smallest absolute Gasteiger partial charge is 0.258 e. The van der Waals surface area contributed by atoms with E-state index in [1.807, 2.05) is 6.07 Å². The lowest BCUT2D eigenvalue weighted by Crippen LogP contribution is -1.86. The van der Waals surface area contributed by atoms with Crippen LogP contribution in [0, 0.1) is 0 Å². The molecule has 2 heterocycles. The van der Waals surface area contributed by atoms with Gasteiger partial charge in [-0.1, -0.05) is 16.8 Å². The van der Waals surface area contributed by atoms with Gasteiger partial charge in [0.25, 0.3) is 5.89 Å². The number of aromatic nitrogens is 3. The highest BCUT2D eigenvalue weighted by atomic mass is 79.9. The third-order valence-corrected chi connectivity index (χ3v) is 3.53. The predicted molar refractivity (Wildman–Crippen MR) is 77.3 cm³/mol. The number of phenolic OH excluding ortho intramolecular Hbond substituents is 1. The Kier molecular flexibility index (Phi) is 3.42. The molecule has 0 fully saturated rings. The minimum atomic E-state index is 0.00243. The number of pyridine rings is 1. The molecule has 0 bridgehead atoms. The van der Waals surface area contributed by atoms with E-state index in [0.29, 0.717) is 23.0 Å². The highest BCUT2D eigenvalue weighted by Crippen LogP contribution is 2.30. The van der Waals surface area contributed by atoms with Crippen molar-refractivity contribution in [2.24, 2.45) is 0 Å². The van der Waals surface area contributed by atoms with Gasteiger partial charge in [0.1, 0.15) is 11.4 Å². The minimum Gasteiger partial charge on any atom is -0.506 e. The largest absolute Gasteiger partial charge is 0.506 e. The first-order chi connectivity index (χ1) is 9.65. The zero-order valence-corrected chi connectivity index (χ0v) is 12.3. The van der Waals surface area contributed by atoms with Crippen molar-refractivity contribution in [2.45, 2.75) is 0 Å². The van der Waals surface area contributed by atoms with Crippen molar-refractivity contribution in [2.75, 3.05) is 0 Å². The second-order valence-electron chi connectivity index (χ2n) is 3.92. The molecule has 0 saturated carbocycles. The Morgan fingerprint density at radius 3 is 2.85 bits per heavy atom. The van der Waals surface area contributed by atoms with Gasteiger partial charge >= 0.3 is 0 Å². The normalized spacial score (nSPS) is 10.7. The molecule has 0 aliphatic carbocycles. The molecular formula is C13H7BrClN3O2. The Morgan fingerprint density at radius 2 is 2.10 bits per heavy atom. The molecule has 0 saturated heterocycles. The van der Waals surface area contributed by atoms with Crippen LogP contribution in [0.4, 0.5) is 0 Å². The molecule has 100 valence electrons. The van der Waals surface area contributed by atoms with Gasteiger partial charge in [-0.05, 0) is 46.3 Å². The van der Waals surface area contributed by atoms with E-state index < -0.39 is 0 Å². The Balaban J connectivity index is 2.02. The van der Waals surface area contributed by atoms with Crippen LogP contribution in [-0.2, 0) is 0 Å². The van der Waals surface area contributed by atoms with Crippen LogP contribution < -0.4 is 0 Å². The Labute approximate surface area is 127 Å². The van der Waals surface area contributed by atoms with Crippen LogP contribution in [0.2, 0.25) is 5.02 Å². The standard InChI is InChI=1S/C13H7BrClN3O2/c14-8-2-1-5-16-11(8)12-17-13(20-18-12)7-3-4-10(19)9(15)6-7/h1-6,19H. The number of nitrogens with zero attached hydrogens (tertiary/aromatic N) is 3. The van der Waals surface area contributed by atoms with Gasteiger partial charge in [0.15, 0.2) is 0 Å². The van der Waals surface area contributed by atoms with E-state index in [1.54, 1.807) is 24.4 Å². The Hall–Kier alpha value is -1.92. The van der Waals surface area contributed by atoms with Gasteiger partial charge in [-0.2, -0.15) is 4.98 Å². The van der Waals surface area contributed by atoms with Crippen LogP contribution in [0.3, 0.4) is 0 Å². The molecule has 0 radical (unpaired) electrons. The topological polar surface area (TPSA) is 72.0 Å². The second-order valence-corrected chi connectivity index (χ2v) is 5.18. The molecule has 0 aliphatic rings. The molecule has 2 aromatic heterocycles. The predicted octanol–water partition coefficient (Wildman–Crippen LogP) is 3.92. The SMILES string of the molecule is Oc1ccc(-c2nc(-c3ncccc3Br)no2)cc1Cl. The zero-order chi connectivity index (χ0) is 14.1. The van der Waals surface area contributed by atoms with Crippen LogP contribution in [-0.4, -0.2) is 20.2 Å². The summed E-state index contributed by atoms with van der Waals surface area (Å²) in [6.45, 7) is 0. The van der Waals surface area contributed by atoms with E-state index in [-0.39, 0.29) is 10.8 Å². The molecule has 1 N–H and O–H groups in total. The van der Waals surface area contributed by atoms with E-state index in [4.69, 9.17) is 16.1 Å². The Morgan fingerprint density at radius 1 is 1.25 bits per heavy atom. The first kappa shape index (κ1) is 13.1. The van der Waals surface area contributed by atoms with Crippen molar-refractivity contribution >= 4 is 27.5 Å². The summed E-state index contributed by atoms with van der Waals surface area (Å²) in [6.07, 6.45) is 1.65. The summed E-state index contributed by atoms with van der Waals surface area (Å²) >= 11 is 9.23. The number of aromatic hydroxyl groups is 1. The number of hydrogen-bond donors (Lipinski definition) is 1. The van der Waals surface area contributed by atoms with E-state index in [2.05, 4.69) is 31.1 Å². The van der Waals surface area contributed by atoms with Crippen LogP contribution >= 0.6 is 27.5 Å². The first-order valence-corrected chi connectivity index (χ1v) is 6.76. The Bertz CT molecular complexity index is 776. The van der Waals surface area contributed by atoms with Gasteiger partial charge in [0.05, 0.1) is 5.02 Å². The van der Waals surface area contributed by atoms with Crippen molar-refractivity contribution in [1.82, 2.24) is 15.1 Å². The maximum atomic E-state index is 9.40. The van der Waals surface area contributed by atoms with E-state index in [0.717, 1.165) is 4.47 Å². The van der Waals surface area contributed by atoms with Gasteiger partial charge in [0, 0.05) is 16.2 Å². The lowest BCUT2D eigenvalue weighted by Gasteiger charge is -1.98. The quantitative estimate of drug-likeness (QED) is 0.757. The molecule has 5 nitrogen and oxygen atoms in total. The maximum Gasteiger partial charge on any atom is 0.258 e. The molecule has 0 unspecified atom stereocenters. The average molecular weight is 353 g/mol. The fourth-order valence-corrected chi connectivity index (χ4v) is 2.24. The third-order valence-electron chi connectivity index (χ3n) is 2.59. The molecule has 7 heteroatoms. The van der Waals surface area contributed by atoms with Crippen molar-refractivity contribution < 1.29 is 9.63 Å². The fraction of sp³-hybridized carbons (Fsp3) is 0. The number of hydrogen-bond acceptors (Lipinski definition) is 5. The summed E-state index contributed by atoms with van der Waals surface area (Å²) in [5, 5.41) is 13.5. The summed E-state index contributed by atoms with van der Waals surface area (Å²) in [7, 11) is 0. The molecule has 0 amide bonds. The number of halogens is 2. The molecule has 0 spiro atoms. The van der Waals surface area contributed by atoms with Gasteiger partial charge in [-0.25, -0.2) is 0 Å². The molecule has 0 aliphatic heterocycles. The lowest BCUT2D eigenvalue weighted by molar-refractivity contribution is 0.432. The van der Waals surface area contributed by atoms with Crippen LogP contribution in [0.1, 0.15) is 0 Å². The second kappa shape index (κ2) is 5.22. The van der Waals surface area contributed by atoms with Crippen LogP contribution in [0.25, 0.3) is 23.0 Å². The van der Waals surface area contributed by atoms with Gasteiger partial charge < -0.3 is 9.63 Å². The average Bonchev–Trinajstić information content (AvgIpc) is 2.92. The lowest BCUT2D eigenvalue weighted by atomic mass is 10.2. The van der Waals surface area contributed by atoms with Gasteiger partial charge in [-0.3, -0.25) is 4.98 Å². The maximum absolute atomic E-state index is 9.40. The number of phenols is 1. The molecule has 3 rings (SSSR count). The number of rotatable bonds is 2. The monoisotopic (exact) mass is 351 g/mol. The molecule has 0 atom stereocenters. The highest BCUT2D eigenvalue weighted by Gasteiger charge is 2.14. The zero-order valence-electron chi connectivity index (χ0n) is 9.92. The molecule has 1 aromatic carbocycles.